The van der Waals surface area contributed by atoms with Crippen LogP contribution >= 0.6 is 0 Å². The molecule has 16 heavy (non-hydrogen) atoms. The summed E-state index contributed by atoms with van der Waals surface area (Å²) in [5.74, 6) is 0.331. The van der Waals surface area contributed by atoms with Crippen molar-refractivity contribution in [2.45, 2.75) is 26.2 Å². The molecule has 1 fully saturated rings. The van der Waals surface area contributed by atoms with Crippen LogP contribution in [0.2, 0.25) is 0 Å². The highest BCUT2D eigenvalue weighted by Crippen LogP contribution is 2.41. The normalized spacial score (nSPS) is 17.0. The molecule has 0 unspecified atom stereocenters. The van der Waals surface area contributed by atoms with E-state index in [1.54, 1.807) is 6.20 Å². The molecular weight excluding hydrogens is 202 g/mol. The molecule has 1 aromatic rings. The third-order valence-corrected chi connectivity index (χ3v) is 3.10. The van der Waals surface area contributed by atoms with Crippen LogP contribution in [0.4, 0.5) is 5.82 Å². The largest absolute Gasteiger partial charge is 0.309 e. The predicted octanol–water partition coefficient (Wildman–Crippen LogP) is 2.02. The molecule has 82 valence electrons. The van der Waals surface area contributed by atoms with Gasteiger partial charge in [-0.2, -0.15) is 5.26 Å². The molecule has 4 nitrogen and oxygen atoms in total. The maximum absolute atomic E-state index is 11.9. The molecule has 2 rings (SSSR count). The van der Waals surface area contributed by atoms with Crippen LogP contribution in [0.1, 0.15) is 24.8 Å². The van der Waals surface area contributed by atoms with Crippen molar-refractivity contribution < 1.29 is 4.79 Å². The number of nitrogens with one attached hydrogen (secondary N) is 1. The van der Waals surface area contributed by atoms with Crippen LogP contribution in [0.15, 0.2) is 18.3 Å². The fourth-order valence-corrected chi connectivity index (χ4v) is 1.76. The molecule has 1 aromatic heterocycles. The molecule has 1 N–H and O–H groups in total. The maximum Gasteiger partial charge on any atom is 0.246 e. The van der Waals surface area contributed by atoms with Crippen LogP contribution in [-0.2, 0) is 4.79 Å². The molecule has 1 amide bonds. The summed E-state index contributed by atoms with van der Waals surface area (Å²) in [5.41, 5.74) is 0.0903. The van der Waals surface area contributed by atoms with Gasteiger partial charge in [0, 0.05) is 6.20 Å². The quantitative estimate of drug-likeness (QED) is 0.820. The van der Waals surface area contributed by atoms with Crippen molar-refractivity contribution in [3.05, 3.63) is 23.9 Å². The molecule has 0 bridgehead atoms. The van der Waals surface area contributed by atoms with Crippen molar-refractivity contribution in [3.8, 4) is 6.07 Å². The standard InChI is InChI=1S/C12H13N3O/c1-9-4-2-7-14-10(9)15-11(16)12(8-13)5-3-6-12/h2,4,7H,3,5-6H2,1H3,(H,14,15,16). The highest BCUT2D eigenvalue weighted by atomic mass is 16.2. The van der Waals surface area contributed by atoms with Gasteiger partial charge in [0.05, 0.1) is 6.07 Å². The van der Waals surface area contributed by atoms with Crippen LogP contribution in [-0.4, -0.2) is 10.9 Å². The SMILES string of the molecule is Cc1cccnc1NC(=O)C1(C#N)CCC1. The minimum atomic E-state index is -0.816. The lowest BCUT2D eigenvalue weighted by Crippen LogP contribution is -2.40. The molecule has 1 aliphatic rings. The molecule has 0 aromatic carbocycles. The van der Waals surface area contributed by atoms with E-state index in [-0.39, 0.29) is 5.91 Å². The van der Waals surface area contributed by atoms with Gasteiger partial charge in [0.15, 0.2) is 0 Å². The molecule has 0 atom stereocenters. The number of aromatic nitrogens is 1. The van der Waals surface area contributed by atoms with Crippen LogP contribution in [0.5, 0.6) is 0 Å². The van der Waals surface area contributed by atoms with Crippen LogP contribution in [0, 0.1) is 23.7 Å². The Bertz CT molecular complexity index is 458. The first kappa shape index (κ1) is 10.6. The first-order valence-corrected chi connectivity index (χ1v) is 5.32. The van der Waals surface area contributed by atoms with Crippen molar-refractivity contribution in [1.29, 1.82) is 5.26 Å². The van der Waals surface area contributed by atoms with Gasteiger partial charge >= 0.3 is 0 Å². The minimum absolute atomic E-state index is 0.219. The topological polar surface area (TPSA) is 65.8 Å². The first-order valence-electron chi connectivity index (χ1n) is 5.32. The molecule has 4 heteroatoms. The van der Waals surface area contributed by atoms with Gasteiger partial charge in [0.1, 0.15) is 11.2 Å². The number of carbonyl (C=O) groups excluding carboxylic acids is 1. The Morgan fingerprint density at radius 1 is 1.62 bits per heavy atom. The second-order valence-electron chi connectivity index (χ2n) is 4.17. The Morgan fingerprint density at radius 2 is 2.38 bits per heavy atom. The smallest absolute Gasteiger partial charge is 0.246 e. The maximum atomic E-state index is 11.9. The van der Waals surface area contributed by atoms with Crippen molar-refractivity contribution in [2.24, 2.45) is 5.41 Å². The lowest BCUT2D eigenvalue weighted by molar-refractivity contribution is -0.126. The molecule has 1 saturated carbocycles. The molecule has 0 saturated heterocycles. The van der Waals surface area contributed by atoms with Gasteiger partial charge in [-0.3, -0.25) is 4.79 Å². The van der Waals surface area contributed by atoms with E-state index in [9.17, 15) is 4.79 Å². The number of aryl methyl sites for hydroxylation is 1. The zero-order valence-corrected chi connectivity index (χ0v) is 9.16. The summed E-state index contributed by atoms with van der Waals surface area (Å²) in [6.07, 6.45) is 3.88. The van der Waals surface area contributed by atoms with E-state index >= 15 is 0 Å². The van der Waals surface area contributed by atoms with E-state index in [0.29, 0.717) is 18.7 Å². The van der Waals surface area contributed by atoms with Crippen molar-refractivity contribution in [1.82, 2.24) is 4.98 Å². The fraction of sp³-hybridized carbons (Fsp3) is 0.417. The molecule has 1 aliphatic carbocycles. The summed E-state index contributed by atoms with van der Waals surface area (Å²) in [6.45, 7) is 1.88. The average Bonchev–Trinajstić information content (AvgIpc) is 2.21. The average molecular weight is 215 g/mol. The summed E-state index contributed by atoms with van der Waals surface area (Å²) in [7, 11) is 0. The van der Waals surface area contributed by atoms with Gasteiger partial charge in [-0.15, -0.1) is 0 Å². The number of nitrogens with zero attached hydrogens (tertiary/aromatic N) is 2. The number of hydrogen-bond donors (Lipinski definition) is 1. The van der Waals surface area contributed by atoms with Crippen molar-refractivity contribution >= 4 is 11.7 Å². The first-order chi connectivity index (χ1) is 7.68. The minimum Gasteiger partial charge on any atom is -0.309 e. The number of amides is 1. The van der Waals surface area contributed by atoms with Gasteiger partial charge in [-0.1, -0.05) is 6.07 Å². The summed E-state index contributed by atoms with van der Waals surface area (Å²) in [6, 6.07) is 5.81. The van der Waals surface area contributed by atoms with Gasteiger partial charge in [0.2, 0.25) is 5.91 Å². The zero-order valence-electron chi connectivity index (χ0n) is 9.16. The molecule has 0 spiro atoms. The number of pyridine rings is 1. The van der Waals surface area contributed by atoms with E-state index in [1.165, 1.54) is 0 Å². The molecule has 1 heterocycles. The van der Waals surface area contributed by atoms with Gasteiger partial charge in [0.25, 0.3) is 0 Å². The van der Waals surface area contributed by atoms with E-state index in [0.717, 1.165) is 12.0 Å². The highest BCUT2D eigenvalue weighted by molar-refractivity contribution is 5.97. The Balaban J connectivity index is 2.14. The van der Waals surface area contributed by atoms with Crippen LogP contribution in [0.25, 0.3) is 0 Å². The number of carbonyl (C=O) groups is 1. The Labute approximate surface area is 94.3 Å². The van der Waals surface area contributed by atoms with E-state index in [1.807, 2.05) is 19.1 Å². The number of hydrogen-bond acceptors (Lipinski definition) is 3. The second-order valence-corrected chi connectivity index (χ2v) is 4.17. The Hall–Kier alpha value is -1.89. The van der Waals surface area contributed by atoms with Crippen LogP contribution in [0.3, 0.4) is 0 Å². The fourth-order valence-electron chi connectivity index (χ4n) is 1.76. The van der Waals surface area contributed by atoms with Crippen molar-refractivity contribution in [2.75, 3.05) is 5.32 Å². The molecule has 0 aliphatic heterocycles. The third-order valence-electron chi connectivity index (χ3n) is 3.10. The predicted molar refractivity (Wildman–Crippen MR) is 59.5 cm³/mol. The van der Waals surface area contributed by atoms with Gasteiger partial charge in [-0.05, 0) is 37.8 Å². The number of rotatable bonds is 2. The van der Waals surface area contributed by atoms with Gasteiger partial charge in [-0.25, -0.2) is 4.98 Å². The molecular formula is C12H13N3O. The van der Waals surface area contributed by atoms with E-state index in [4.69, 9.17) is 5.26 Å². The highest BCUT2D eigenvalue weighted by Gasteiger charge is 2.44. The monoisotopic (exact) mass is 215 g/mol. The Kier molecular flexibility index (Phi) is 2.61. The van der Waals surface area contributed by atoms with Gasteiger partial charge < -0.3 is 5.32 Å². The molecule has 0 radical (unpaired) electrons. The second kappa shape index (κ2) is 3.93. The zero-order chi connectivity index (χ0) is 11.6. The van der Waals surface area contributed by atoms with E-state index < -0.39 is 5.41 Å². The summed E-state index contributed by atoms with van der Waals surface area (Å²) < 4.78 is 0. The number of anilines is 1. The summed E-state index contributed by atoms with van der Waals surface area (Å²) in [5, 5.41) is 11.8. The lowest BCUT2D eigenvalue weighted by Gasteiger charge is -2.33. The Morgan fingerprint density at radius 3 is 2.88 bits per heavy atom. The lowest BCUT2D eigenvalue weighted by atomic mass is 9.69. The van der Waals surface area contributed by atoms with Crippen molar-refractivity contribution in [3.63, 3.8) is 0 Å². The number of nitriles is 1. The third kappa shape index (κ3) is 1.65. The summed E-state index contributed by atoms with van der Waals surface area (Å²) in [4.78, 5) is 16.0. The van der Waals surface area contributed by atoms with Crippen LogP contribution < -0.4 is 5.32 Å². The summed E-state index contributed by atoms with van der Waals surface area (Å²) >= 11 is 0. The van der Waals surface area contributed by atoms with E-state index in [2.05, 4.69) is 16.4 Å².